The molecule has 0 saturated heterocycles. The van der Waals surface area contributed by atoms with Crippen LogP contribution >= 0.6 is 62.3 Å². The van der Waals surface area contributed by atoms with E-state index in [9.17, 15) is 29.1 Å². The van der Waals surface area contributed by atoms with E-state index in [1.165, 1.54) is 82.6 Å². The number of halogens is 5. The van der Waals surface area contributed by atoms with Gasteiger partial charge in [-0.2, -0.15) is 19.9 Å². The molecule has 7 aromatic heterocycles. The van der Waals surface area contributed by atoms with Gasteiger partial charge < -0.3 is 88.0 Å². The number of carbonyl (C=O) groups excluding carboxylic acids is 2. The Morgan fingerprint density at radius 3 is 1.29 bits per heavy atom. The number of ether oxygens (including phenoxy) is 5. The Balaban J connectivity index is 0.000000183. The Labute approximate surface area is 601 Å². The van der Waals surface area contributed by atoms with Crippen molar-refractivity contribution in [2.24, 2.45) is 0 Å². The Bertz CT molecular complexity index is 4790. The molecule has 11 aromatic rings. The fourth-order valence-corrected chi connectivity index (χ4v) is 10.3. The van der Waals surface area contributed by atoms with Gasteiger partial charge in [0.05, 0.1) is 66.8 Å². The van der Waals surface area contributed by atoms with Crippen molar-refractivity contribution in [3.63, 3.8) is 0 Å². The third-order valence-electron chi connectivity index (χ3n) is 13.5. The monoisotopic (exact) mass is 1520 g/mol. The highest BCUT2D eigenvalue weighted by Gasteiger charge is 2.22. The van der Waals surface area contributed by atoms with E-state index in [4.69, 9.17) is 83.0 Å². The smallest absolute Gasteiger partial charge is 0.295 e. The molecule has 0 saturated carbocycles. The number of H-pyrrole nitrogens is 3. The number of anilines is 5. The van der Waals surface area contributed by atoms with Crippen LogP contribution in [0.1, 0.15) is 83.2 Å². The minimum absolute atomic E-state index is 0.0616. The molecule has 4 aromatic carbocycles. The van der Waals surface area contributed by atoms with Crippen molar-refractivity contribution in [3.8, 4) is 57.2 Å². The highest BCUT2D eigenvalue weighted by Crippen LogP contribution is 2.37. The third-order valence-corrected chi connectivity index (χ3v) is 15.3. The number of amides is 1. The fourth-order valence-electron chi connectivity index (χ4n) is 8.93. The molecule has 532 valence electrons. The summed E-state index contributed by atoms with van der Waals surface area (Å²) in [5, 5.41) is 27.6. The van der Waals surface area contributed by atoms with Crippen molar-refractivity contribution in [2.75, 3.05) is 80.2 Å². The number of rotatable bonds is 22. The molecule has 0 aliphatic heterocycles. The predicted octanol–water partition coefficient (Wildman–Crippen LogP) is 15.3. The molecule has 0 radical (unpaired) electrons. The Hall–Kier alpha value is -9.55. The van der Waals surface area contributed by atoms with Gasteiger partial charge in [0.15, 0.2) is 27.8 Å². The molecule has 0 spiro atoms. The van der Waals surface area contributed by atoms with Crippen LogP contribution in [0.25, 0.3) is 66.9 Å². The number of carbonyl (C=O) groups is 2. The summed E-state index contributed by atoms with van der Waals surface area (Å²) in [6.45, 7) is 18.7. The molecular formula is C68H75BrCl4N12O15. The number of pyridine rings is 3. The number of aromatic amines is 3. The van der Waals surface area contributed by atoms with E-state index in [0.29, 0.717) is 125 Å². The second kappa shape index (κ2) is 36.5. The number of aromatic hydroxyl groups is 1. The van der Waals surface area contributed by atoms with Gasteiger partial charge in [0, 0.05) is 83.6 Å². The largest absolute Gasteiger partial charge is 0.506 e. The average molecular weight is 1520 g/mol. The fraction of sp³-hybridized carbons (Fsp3) is 0.309. The molecule has 11 rings (SSSR count). The quantitative estimate of drug-likeness (QED) is 0.0173. The number of hydrogen-bond acceptors (Lipinski definition) is 23. The molecule has 0 atom stereocenters. The molecule has 0 aliphatic carbocycles. The van der Waals surface area contributed by atoms with E-state index >= 15 is 0 Å². The molecule has 7 heterocycles. The van der Waals surface area contributed by atoms with E-state index in [1.54, 1.807) is 44.6 Å². The van der Waals surface area contributed by atoms with Crippen LogP contribution in [-0.2, 0) is 9.47 Å². The zero-order valence-corrected chi connectivity index (χ0v) is 61.2. The molecule has 0 bridgehead atoms. The number of nitrogens with one attached hydrogen (secondary N) is 8. The molecule has 0 aliphatic rings. The van der Waals surface area contributed by atoms with Crippen LogP contribution in [0.3, 0.4) is 0 Å². The predicted molar refractivity (Wildman–Crippen MR) is 394 cm³/mol. The van der Waals surface area contributed by atoms with Crippen LogP contribution in [0.2, 0.25) is 20.1 Å². The number of alkyl halides is 1. The maximum atomic E-state index is 12.5. The number of benzene rings is 4. The van der Waals surface area contributed by atoms with E-state index in [-0.39, 0.29) is 85.0 Å². The van der Waals surface area contributed by atoms with Crippen molar-refractivity contribution in [1.82, 2.24) is 34.9 Å². The SMILES string of the molecule is CC(C)Nc1nc(-c2cc(=O)c3ccc(O)c(Cl)c3[nH]2)co1.COCCBr.COCCOc1ccc2c(=O)cc(-c3coc(NC(C)C)n3)[nH]c2c1Cl.COc1ccc(C(C)=O)c(NC(=O)c2coc(NC(C)C)n2)c1Cl.COc1ccc2c(=O)cc(-c3coc(NC(C)C)n3)[nH]c2c1Cl. The minimum atomic E-state index is -0.548. The number of nitrogens with zero attached hydrogens (tertiary/aromatic N) is 4. The van der Waals surface area contributed by atoms with Gasteiger partial charge in [0.1, 0.15) is 91.8 Å². The van der Waals surface area contributed by atoms with E-state index in [2.05, 4.69) is 82.1 Å². The van der Waals surface area contributed by atoms with Gasteiger partial charge in [-0.1, -0.05) is 62.3 Å². The maximum absolute atomic E-state index is 12.5. The summed E-state index contributed by atoms with van der Waals surface area (Å²) in [7, 11) is 6.24. The lowest BCUT2D eigenvalue weighted by Gasteiger charge is -2.13. The van der Waals surface area contributed by atoms with Gasteiger partial charge >= 0.3 is 0 Å². The molecule has 27 nitrogen and oxygen atoms in total. The van der Waals surface area contributed by atoms with E-state index in [1.807, 2.05) is 55.4 Å². The highest BCUT2D eigenvalue weighted by molar-refractivity contribution is 9.09. The minimum Gasteiger partial charge on any atom is -0.506 e. The number of Topliss-reactive ketones (excluding diaryl/α,β-unsaturated/α-hetero) is 1. The van der Waals surface area contributed by atoms with Gasteiger partial charge in [0.2, 0.25) is 0 Å². The number of aromatic nitrogens is 7. The number of fused-ring (bicyclic) bond motifs is 3. The molecule has 32 heteroatoms. The average Bonchev–Trinajstić information content (AvgIpc) is 1.25. The first-order valence-electron chi connectivity index (χ1n) is 30.7. The summed E-state index contributed by atoms with van der Waals surface area (Å²) in [4.78, 5) is 87.4. The first kappa shape index (κ1) is 77.8. The standard InChI is InChI=1S/C18H20ClN3O4.C16H18ClN3O4.C16H16ClN3O3.C15H14ClN3O3.C3H7BrO/c1-10(2)20-18-22-13(9-26-18)12-8-14(23)11-4-5-15(25-7-6-24-3)16(19)17(11)21-12;1-8(2)18-16-19-11(7-24-16)15(22)20-14-10(9(3)21)5-6-12(23-4)13(14)17;1-8(2)18-16-20-11(7-23-16)10-6-12(21)9-4-5-13(22-3)14(17)15(9)19-10;1-7(2)17-15-19-10(6-22-15)9-5-12(21)8-3-4-11(20)13(16)14(8)18-9;1-5-3-2-4/h4-5,8-10H,6-7H2,1-3H3,(H,20,22)(H,21,23);5-8H,1-4H3,(H,18,19)(H,20,22);4-8H,1-3H3,(H,18,20)(H,19,21);3-7,20H,1-2H3,(H,17,19)(H,18,21);2-3H2,1H3. The number of phenols is 1. The number of hydrogen-bond donors (Lipinski definition) is 9. The molecule has 100 heavy (non-hydrogen) atoms. The van der Waals surface area contributed by atoms with Gasteiger partial charge in [-0.05, 0) is 111 Å². The van der Waals surface area contributed by atoms with Crippen LogP contribution in [0.4, 0.5) is 29.7 Å². The highest BCUT2D eigenvalue weighted by atomic mass is 79.9. The Morgan fingerprint density at radius 1 is 0.510 bits per heavy atom. The van der Waals surface area contributed by atoms with Crippen molar-refractivity contribution < 1.29 is 56.0 Å². The number of methoxy groups -OCH3 is 4. The summed E-state index contributed by atoms with van der Waals surface area (Å²) < 4.78 is 46.7. The maximum Gasteiger partial charge on any atom is 0.295 e. The molecular weight excluding hydrogens is 1450 g/mol. The van der Waals surface area contributed by atoms with Gasteiger partial charge in [-0.25, -0.2) is 0 Å². The molecule has 1 amide bonds. The first-order valence-corrected chi connectivity index (χ1v) is 33.4. The second-order valence-electron chi connectivity index (χ2n) is 22.7. The van der Waals surface area contributed by atoms with Crippen molar-refractivity contribution in [1.29, 1.82) is 0 Å². The van der Waals surface area contributed by atoms with Crippen molar-refractivity contribution in [2.45, 2.75) is 86.5 Å². The summed E-state index contributed by atoms with van der Waals surface area (Å²) in [6, 6.07) is 19.1. The number of oxazole rings is 4. The Morgan fingerprint density at radius 2 is 0.890 bits per heavy atom. The summed E-state index contributed by atoms with van der Waals surface area (Å²) in [5.41, 5.74) is 4.35. The number of phenolic OH excluding ortho intramolecular Hbond substituents is 1. The van der Waals surface area contributed by atoms with E-state index < -0.39 is 5.91 Å². The van der Waals surface area contributed by atoms with Crippen LogP contribution in [0.15, 0.2) is 124 Å². The summed E-state index contributed by atoms with van der Waals surface area (Å²) >= 11 is 28.2. The zero-order valence-electron chi connectivity index (χ0n) is 56.6. The van der Waals surface area contributed by atoms with Crippen LogP contribution in [0.5, 0.6) is 23.0 Å². The van der Waals surface area contributed by atoms with Gasteiger partial charge in [-0.15, -0.1) is 0 Å². The van der Waals surface area contributed by atoms with Gasteiger partial charge in [0.25, 0.3) is 30.0 Å². The summed E-state index contributed by atoms with van der Waals surface area (Å²) in [5.74, 6) is 0.439. The Kier molecular flexibility index (Phi) is 28.4. The lowest BCUT2D eigenvalue weighted by Crippen LogP contribution is -2.16. The topological polar surface area (TPSA) is 363 Å². The second-order valence-corrected chi connectivity index (χ2v) is 25.0. The molecule has 0 unspecified atom stereocenters. The van der Waals surface area contributed by atoms with Crippen LogP contribution < -0.4 is 57.1 Å². The van der Waals surface area contributed by atoms with Gasteiger partial charge in [-0.3, -0.25) is 24.0 Å². The lowest BCUT2D eigenvalue weighted by atomic mass is 10.1. The zero-order chi connectivity index (χ0) is 73.1. The van der Waals surface area contributed by atoms with Crippen molar-refractivity contribution >= 4 is 136 Å². The van der Waals surface area contributed by atoms with Crippen molar-refractivity contribution in [3.05, 3.63) is 154 Å². The van der Waals surface area contributed by atoms with Crippen LogP contribution in [0, 0.1) is 0 Å². The molecule has 9 N–H and O–H groups in total. The lowest BCUT2D eigenvalue weighted by molar-refractivity contribution is 0.101. The normalized spacial score (nSPS) is 10.9. The third kappa shape index (κ3) is 20.5. The molecule has 0 fully saturated rings. The van der Waals surface area contributed by atoms with E-state index in [0.717, 1.165) is 11.9 Å². The first-order chi connectivity index (χ1) is 47.7. The number of ketones is 1. The summed E-state index contributed by atoms with van der Waals surface area (Å²) in [6.07, 6.45) is 5.63. The van der Waals surface area contributed by atoms with Crippen LogP contribution in [-0.4, -0.2) is 129 Å².